The Morgan fingerprint density at radius 3 is 2.62 bits per heavy atom. The second-order valence-electron chi connectivity index (χ2n) is 6.42. The number of hydrogen-bond acceptors (Lipinski definition) is 2. The summed E-state index contributed by atoms with van der Waals surface area (Å²) in [6, 6.07) is 17.7. The second-order valence-corrected chi connectivity index (χ2v) is 6.83. The van der Waals surface area contributed by atoms with E-state index in [1.54, 1.807) is 0 Å². The van der Waals surface area contributed by atoms with Crippen LogP contribution < -0.4 is 0 Å². The Labute approximate surface area is 157 Å². The molecular weight excluding hydrogens is 344 g/mol. The third-order valence-electron chi connectivity index (χ3n) is 4.76. The maximum atomic E-state index is 11.6. The van der Waals surface area contributed by atoms with Crippen LogP contribution >= 0.6 is 11.6 Å². The Hall–Kier alpha value is -2.65. The van der Waals surface area contributed by atoms with Crippen LogP contribution in [0.4, 0.5) is 0 Å². The Bertz CT molecular complexity index is 1100. The van der Waals surface area contributed by atoms with Gasteiger partial charge < -0.3 is 4.57 Å². The SMILES string of the molecule is CCCCn1c2cccc(C=O)c2c2c(Cl)cc(-c3ccccc3)nc21. The van der Waals surface area contributed by atoms with Crippen molar-refractivity contribution in [1.82, 2.24) is 9.55 Å². The highest BCUT2D eigenvalue weighted by Crippen LogP contribution is 2.37. The van der Waals surface area contributed by atoms with Crippen LogP contribution in [0.1, 0.15) is 30.1 Å². The number of aldehydes is 1. The molecule has 4 aromatic rings. The fourth-order valence-corrected chi connectivity index (χ4v) is 3.78. The molecule has 0 bridgehead atoms. The Kier molecular flexibility index (Phi) is 4.48. The van der Waals surface area contributed by atoms with E-state index in [1.165, 1.54) is 0 Å². The third-order valence-corrected chi connectivity index (χ3v) is 5.05. The molecule has 0 atom stereocenters. The van der Waals surface area contributed by atoms with Crippen LogP contribution in [0, 0.1) is 0 Å². The van der Waals surface area contributed by atoms with Gasteiger partial charge in [-0.2, -0.15) is 0 Å². The molecule has 0 aliphatic carbocycles. The molecule has 0 aliphatic rings. The molecule has 2 heterocycles. The lowest BCUT2D eigenvalue weighted by Gasteiger charge is -2.08. The van der Waals surface area contributed by atoms with Crippen LogP contribution in [0.25, 0.3) is 33.2 Å². The molecular formula is C22H19ClN2O. The Balaban J connectivity index is 2.09. The van der Waals surface area contributed by atoms with E-state index < -0.39 is 0 Å². The number of halogens is 1. The summed E-state index contributed by atoms with van der Waals surface area (Å²) in [4.78, 5) is 16.5. The molecule has 0 saturated heterocycles. The maximum absolute atomic E-state index is 11.6. The smallest absolute Gasteiger partial charge is 0.150 e. The number of benzene rings is 2. The predicted octanol–water partition coefficient (Wildman–Crippen LogP) is 6.12. The second kappa shape index (κ2) is 6.93. The fourth-order valence-electron chi connectivity index (χ4n) is 3.49. The first kappa shape index (κ1) is 16.8. The van der Waals surface area contributed by atoms with Crippen molar-refractivity contribution in [3.8, 4) is 11.3 Å². The molecule has 0 aliphatic heterocycles. The van der Waals surface area contributed by atoms with Crippen LogP contribution in [0.5, 0.6) is 0 Å². The zero-order valence-electron chi connectivity index (χ0n) is 14.6. The van der Waals surface area contributed by atoms with E-state index in [0.29, 0.717) is 10.6 Å². The Morgan fingerprint density at radius 1 is 1.08 bits per heavy atom. The first-order valence-electron chi connectivity index (χ1n) is 8.86. The minimum atomic E-state index is 0.628. The highest BCUT2D eigenvalue weighted by molar-refractivity contribution is 6.38. The molecule has 3 nitrogen and oxygen atoms in total. The van der Waals surface area contributed by atoms with Gasteiger partial charge in [0.2, 0.25) is 0 Å². The molecule has 0 N–H and O–H groups in total. The minimum absolute atomic E-state index is 0.628. The number of aryl methyl sites for hydroxylation is 1. The van der Waals surface area contributed by atoms with Crippen molar-refractivity contribution in [2.24, 2.45) is 0 Å². The molecule has 0 unspecified atom stereocenters. The van der Waals surface area contributed by atoms with E-state index in [2.05, 4.69) is 11.5 Å². The van der Waals surface area contributed by atoms with Crippen molar-refractivity contribution in [1.29, 1.82) is 0 Å². The summed E-state index contributed by atoms with van der Waals surface area (Å²) in [6.45, 7) is 3.01. The van der Waals surface area contributed by atoms with Crippen LogP contribution in [-0.2, 0) is 6.54 Å². The number of fused-ring (bicyclic) bond motifs is 3. The first-order valence-corrected chi connectivity index (χ1v) is 9.24. The van der Waals surface area contributed by atoms with E-state index >= 15 is 0 Å². The molecule has 0 spiro atoms. The molecule has 26 heavy (non-hydrogen) atoms. The normalized spacial score (nSPS) is 11.3. The lowest BCUT2D eigenvalue weighted by atomic mass is 10.1. The molecule has 2 aromatic carbocycles. The third kappa shape index (κ3) is 2.69. The van der Waals surface area contributed by atoms with Crippen molar-refractivity contribution in [2.45, 2.75) is 26.3 Å². The highest BCUT2D eigenvalue weighted by atomic mass is 35.5. The highest BCUT2D eigenvalue weighted by Gasteiger charge is 2.18. The summed E-state index contributed by atoms with van der Waals surface area (Å²) >= 11 is 6.70. The molecule has 0 radical (unpaired) electrons. The molecule has 0 amide bonds. The lowest BCUT2D eigenvalue weighted by molar-refractivity contribution is 0.112. The molecule has 130 valence electrons. The standard InChI is InChI=1S/C22H19ClN2O/c1-2-3-12-25-19-11-7-10-16(14-26)20(19)21-17(23)13-18(24-22(21)25)15-8-5-4-6-9-15/h4-11,13-14H,2-3,12H2,1H3. The quantitative estimate of drug-likeness (QED) is 0.401. The topological polar surface area (TPSA) is 34.9 Å². The molecule has 0 fully saturated rings. The van der Waals surface area contributed by atoms with Gasteiger partial charge in [-0.1, -0.05) is 67.4 Å². The summed E-state index contributed by atoms with van der Waals surface area (Å²) in [7, 11) is 0. The number of pyridine rings is 1. The monoisotopic (exact) mass is 362 g/mol. The van der Waals surface area contributed by atoms with Crippen molar-refractivity contribution >= 4 is 39.8 Å². The van der Waals surface area contributed by atoms with Gasteiger partial charge in [-0.05, 0) is 18.6 Å². The average Bonchev–Trinajstić information content (AvgIpc) is 3.01. The number of carbonyl (C=O) groups is 1. The van der Waals surface area contributed by atoms with Gasteiger partial charge in [-0.25, -0.2) is 4.98 Å². The van der Waals surface area contributed by atoms with Crippen LogP contribution in [-0.4, -0.2) is 15.8 Å². The fraction of sp³-hybridized carbons (Fsp3) is 0.182. The van der Waals surface area contributed by atoms with E-state index in [1.807, 2.05) is 54.6 Å². The summed E-state index contributed by atoms with van der Waals surface area (Å²) in [6.07, 6.45) is 3.02. The number of unbranched alkanes of at least 4 members (excludes halogenated alkanes) is 1. The number of aromatic nitrogens is 2. The summed E-state index contributed by atoms with van der Waals surface area (Å²) in [5.41, 5.74) is 4.38. The van der Waals surface area contributed by atoms with Crippen molar-refractivity contribution < 1.29 is 4.79 Å². The average molecular weight is 363 g/mol. The zero-order valence-corrected chi connectivity index (χ0v) is 15.3. The molecule has 4 rings (SSSR count). The van der Waals surface area contributed by atoms with Gasteiger partial charge in [-0.3, -0.25) is 4.79 Å². The van der Waals surface area contributed by atoms with Crippen LogP contribution in [0.3, 0.4) is 0 Å². The van der Waals surface area contributed by atoms with Gasteiger partial charge in [0.25, 0.3) is 0 Å². The number of carbonyl (C=O) groups excluding carboxylic acids is 1. The molecule has 0 saturated carbocycles. The van der Waals surface area contributed by atoms with Crippen LogP contribution in [0.2, 0.25) is 5.02 Å². The Morgan fingerprint density at radius 2 is 1.88 bits per heavy atom. The van der Waals surface area contributed by atoms with Gasteiger partial charge in [0.15, 0.2) is 6.29 Å². The number of nitrogens with zero attached hydrogens (tertiary/aromatic N) is 2. The first-order chi connectivity index (χ1) is 12.7. The largest absolute Gasteiger partial charge is 0.325 e. The van der Waals surface area contributed by atoms with Crippen molar-refractivity contribution in [3.63, 3.8) is 0 Å². The van der Waals surface area contributed by atoms with Gasteiger partial charge in [0.05, 0.1) is 16.2 Å². The summed E-state index contributed by atoms with van der Waals surface area (Å²) in [5.74, 6) is 0. The van der Waals surface area contributed by atoms with Gasteiger partial charge in [-0.15, -0.1) is 0 Å². The van der Waals surface area contributed by atoms with Crippen LogP contribution in [0.15, 0.2) is 54.6 Å². The van der Waals surface area contributed by atoms with E-state index in [-0.39, 0.29) is 0 Å². The predicted molar refractivity (Wildman–Crippen MR) is 108 cm³/mol. The van der Waals surface area contributed by atoms with Crippen molar-refractivity contribution in [3.05, 3.63) is 65.2 Å². The van der Waals surface area contributed by atoms with E-state index in [0.717, 1.165) is 58.9 Å². The number of hydrogen-bond donors (Lipinski definition) is 0. The van der Waals surface area contributed by atoms with E-state index in [9.17, 15) is 4.79 Å². The number of rotatable bonds is 5. The summed E-state index contributed by atoms with van der Waals surface area (Å²) in [5, 5.41) is 2.38. The van der Waals surface area contributed by atoms with Crippen molar-refractivity contribution in [2.75, 3.05) is 0 Å². The molecule has 4 heteroatoms. The van der Waals surface area contributed by atoms with Gasteiger partial charge in [0, 0.05) is 28.4 Å². The van der Waals surface area contributed by atoms with Gasteiger partial charge >= 0.3 is 0 Å². The van der Waals surface area contributed by atoms with Gasteiger partial charge in [0.1, 0.15) is 5.65 Å². The summed E-state index contributed by atoms with van der Waals surface area (Å²) < 4.78 is 2.19. The molecule has 2 aromatic heterocycles. The zero-order chi connectivity index (χ0) is 18.1. The van der Waals surface area contributed by atoms with E-state index in [4.69, 9.17) is 16.6 Å². The maximum Gasteiger partial charge on any atom is 0.150 e. The minimum Gasteiger partial charge on any atom is -0.325 e. The lowest BCUT2D eigenvalue weighted by Crippen LogP contribution is -1.99.